The van der Waals surface area contributed by atoms with Crippen LogP contribution in [0.5, 0.6) is 5.75 Å². The number of benzene rings is 2. The van der Waals surface area contributed by atoms with Crippen LogP contribution in [-0.4, -0.2) is 37.1 Å². The van der Waals surface area contributed by atoms with E-state index in [1.165, 1.54) is 4.90 Å². The Morgan fingerprint density at radius 1 is 1.21 bits per heavy atom. The number of nitrogens with one attached hydrogen (secondary N) is 1. The van der Waals surface area contributed by atoms with E-state index in [9.17, 15) is 9.59 Å². The molecule has 2 aromatic carbocycles. The number of hydrogen-bond acceptors (Lipinski definition) is 5. The number of carbonyl (C=O) groups excluding carboxylic acids is 2. The third-order valence-electron chi connectivity index (χ3n) is 4.24. The zero-order chi connectivity index (χ0) is 20.8. The number of esters is 1. The zero-order valence-electron chi connectivity index (χ0n) is 15.6. The van der Waals surface area contributed by atoms with E-state index in [4.69, 9.17) is 26.3 Å². The minimum absolute atomic E-state index is 0.135. The van der Waals surface area contributed by atoms with Crippen molar-refractivity contribution in [2.24, 2.45) is 0 Å². The largest absolute Gasteiger partial charge is 0.497 e. The lowest BCUT2D eigenvalue weighted by Crippen LogP contribution is -2.35. The predicted molar refractivity (Wildman–Crippen MR) is 109 cm³/mol. The first-order valence-corrected chi connectivity index (χ1v) is 9.16. The second-order valence-electron chi connectivity index (χ2n) is 6.15. The molecule has 0 atom stereocenters. The molecule has 0 radical (unpaired) electrons. The maximum atomic E-state index is 12.6. The molecular formula is C21H18ClN3O4. The van der Waals surface area contributed by atoms with Crippen molar-refractivity contribution in [3.05, 3.63) is 59.2 Å². The highest BCUT2D eigenvalue weighted by Gasteiger charge is 2.19. The van der Waals surface area contributed by atoms with Gasteiger partial charge < -0.3 is 19.4 Å². The quantitative estimate of drug-likeness (QED) is 0.594. The van der Waals surface area contributed by atoms with Gasteiger partial charge in [-0.2, -0.15) is 5.26 Å². The van der Waals surface area contributed by atoms with Gasteiger partial charge in [0.1, 0.15) is 11.4 Å². The van der Waals surface area contributed by atoms with Crippen LogP contribution in [0.2, 0.25) is 5.02 Å². The number of nitriles is 1. The Balaban J connectivity index is 1.70. The van der Waals surface area contributed by atoms with E-state index in [1.807, 2.05) is 12.1 Å². The van der Waals surface area contributed by atoms with Crippen LogP contribution in [-0.2, 0) is 9.53 Å². The fourth-order valence-electron chi connectivity index (χ4n) is 2.83. The van der Waals surface area contributed by atoms with Crippen molar-refractivity contribution in [3.8, 4) is 11.8 Å². The summed E-state index contributed by atoms with van der Waals surface area (Å²) in [5.41, 5.74) is 1.48. The van der Waals surface area contributed by atoms with Crippen LogP contribution in [0.25, 0.3) is 10.9 Å². The van der Waals surface area contributed by atoms with Gasteiger partial charge in [-0.3, -0.25) is 4.79 Å². The van der Waals surface area contributed by atoms with Crippen LogP contribution in [0.3, 0.4) is 0 Å². The molecule has 0 fully saturated rings. The van der Waals surface area contributed by atoms with Gasteiger partial charge in [-0.15, -0.1) is 0 Å². The van der Waals surface area contributed by atoms with Crippen LogP contribution >= 0.6 is 11.6 Å². The lowest BCUT2D eigenvalue weighted by Gasteiger charge is -2.21. The Kier molecular flexibility index (Phi) is 6.37. The van der Waals surface area contributed by atoms with Gasteiger partial charge in [0.2, 0.25) is 0 Å². The van der Waals surface area contributed by atoms with E-state index in [0.29, 0.717) is 16.5 Å². The van der Waals surface area contributed by atoms with Gasteiger partial charge in [0, 0.05) is 34.2 Å². The average Bonchev–Trinajstić information content (AvgIpc) is 3.15. The molecule has 0 saturated heterocycles. The zero-order valence-corrected chi connectivity index (χ0v) is 16.4. The SMILES string of the molecule is COc1ccc2cc(C(=O)OCC(=O)N(CCC#N)c3cccc(Cl)c3)[nH]c2c1. The fraction of sp³-hybridized carbons (Fsp3) is 0.190. The van der Waals surface area contributed by atoms with Crippen LogP contribution in [0.15, 0.2) is 48.5 Å². The molecule has 3 rings (SSSR count). The lowest BCUT2D eigenvalue weighted by molar-refractivity contribution is -0.121. The number of rotatable bonds is 7. The summed E-state index contributed by atoms with van der Waals surface area (Å²) < 4.78 is 10.3. The standard InChI is InChI=1S/C21H18ClN3O4/c1-28-17-7-6-14-10-19(24-18(14)12-17)21(27)29-13-20(26)25(9-3-8-23)16-5-2-4-15(22)11-16/h2,4-7,10-12,24H,3,9,13H2,1H3. The smallest absolute Gasteiger partial charge is 0.355 e. The number of ether oxygens (including phenoxy) is 2. The summed E-state index contributed by atoms with van der Waals surface area (Å²) in [5, 5.41) is 10.1. The highest BCUT2D eigenvalue weighted by molar-refractivity contribution is 6.30. The van der Waals surface area contributed by atoms with E-state index < -0.39 is 18.5 Å². The number of nitrogens with zero attached hydrogens (tertiary/aromatic N) is 2. The number of H-pyrrole nitrogens is 1. The van der Waals surface area contributed by atoms with Crippen molar-refractivity contribution in [2.45, 2.75) is 6.42 Å². The number of fused-ring (bicyclic) bond motifs is 1. The normalized spacial score (nSPS) is 10.4. The van der Waals surface area contributed by atoms with Crippen molar-refractivity contribution in [2.75, 3.05) is 25.2 Å². The Labute approximate surface area is 172 Å². The molecule has 0 bridgehead atoms. The fourth-order valence-corrected chi connectivity index (χ4v) is 3.01. The van der Waals surface area contributed by atoms with Crippen molar-refractivity contribution >= 4 is 40.1 Å². The van der Waals surface area contributed by atoms with Gasteiger partial charge in [-0.1, -0.05) is 17.7 Å². The number of halogens is 1. The van der Waals surface area contributed by atoms with Crippen LogP contribution in [0.1, 0.15) is 16.9 Å². The molecule has 8 heteroatoms. The number of aromatic nitrogens is 1. The summed E-state index contributed by atoms with van der Waals surface area (Å²) in [6.45, 7) is -0.297. The Hall–Kier alpha value is -3.50. The van der Waals surface area contributed by atoms with Gasteiger partial charge in [-0.25, -0.2) is 4.79 Å². The van der Waals surface area contributed by atoms with Crippen molar-refractivity contribution < 1.29 is 19.1 Å². The van der Waals surface area contributed by atoms with E-state index in [1.54, 1.807) is 49.6 Å². The summed E-state index contributed by atoms with van der Waals surface area (Å²) in [6, 6.07) is 15.7. The molecule has 0 saturated carbocycles. The summed E-state index contributed by atoms with van der Waals surface area (Å²) in [5.74, 6) is -0.447. The van der Waals surface area contributed by atoms with Gasteiger partial charge in [0.05, 0.1) is 19.6 Å². The molecule has 0 aliphatic carbocycles. The first kappa shape index (κ1) is 20.2. The Morgan fingerprint density at radius 3 is 2.76 bits per heavy atom. The summed E-state index contributed by atoms with van der Waals surface area (Å²) >= 11 is 5.99. The van der Waals surface area contributed by atoms with Gasteiger partial charge in [0.15, 0.2) is 6.61 Å². The molecule has 0 aliphatic heterocycles. The third-order valence-corrected chi connectivity index (χ3v) is 4.48. The van der Waals surface area contributed by atoms with Crippen LogP contribution < -0.4 is 9.64 Å². The summed E-state index contributed by atoms with van der Waals surface area (Å²) in [6.07, 6.45) is 0.135. The highest BCUT2D eigenvalue weighted by Crippen LogP contribution is 2.22. The average molecular weight is 412 g/mol. The number of amides is 1. The number of anilines is 1. The molecule has 0 unspecified atom stereocenters. The Bertz CT molecular complexity index is 1090. The van der Waals surface area contributed by atoms with E-state index in [2.05, 4.69) is 4.98 Å². The molecule has 29 heavy (non-hydrogen) atoms. The van der Waals surface area contributed by atoms with Gasteiger partial charge in [0.25, 0.3) is 5.91 Å². The Morgan fingerprint density at radius 2 is 2.03 bits per heavy atom. The second kappa shape index (κ2) is 9.13. The van der Waals surface area contributed by atoms with E-state index in [-0.39, 0.29) is 18.7 Å². The number of hydrogen-bond donors (Lipinski definition) is 1. The first-order valence-electron chi connectivity index (χ1n) is 8.78. The number of carbonyl (C=O) groups is 2. The predicted octanol–water partition coefficient (Wildman–Crippen LogP) is 3.93. The second-order valence-corrected chi connectivity index (χ2v) is 6.58. The van der Waals surface area contributed by atoms with Gasteiger partial charge in [-0.05, 0) is 36.4 Å². The molecule has 7 nitrogen and oxygen atoms in total. The first-order chi connectivity index (χ1) is 14.0. The van der Waals surface area contributed by atoms with E-state index >= 15 is 0 Å². The molecule has 1 heterocycles. The molecule has 148 valence electrons. The van der Waals surface area contributed by atoms with Crippen molar-refractivity contribution in [1.29, 1.82) is 5.26 Å². The van der Waals surface area contributed by atoms with Crippen molar-refractivity contribution in [3.63, 3.8) is 0 Å². The maximum Gasteiger partial charge on any atom is 0.355 e. The maximum absolute atomic E-state index is 12.6. The molecule has 1 amide bonds. The van der Waals surface area contributed by atoms with Gasteiger partial charge >= 0.3 is 5.97 Å². The minimum Gasteiger partial charge on any atom is -0.497 e. The molecule has 1 aromatic heterocycles. The number of aromatic amines is 1. The lowest BCUT2D eigenvalue weighted by atomic mass is 10.2. The minimum atomic E-state index is -0.653. The molecule has 0 spiro atoms. The number of methoxy groups -OCH3 is 1. The molecule has 1 N–H and O–H groups in total. The molecule has 0 aliphatic rings. The molecular weight excluding hydrogens is 394 g/mol. The highest BCUT2D eigenvalue weighted by atomic mass is 35.5. The molecule has 3 aromatic rings. The monoisotopic (exact) mass is 411 g/mol. The van der Waals surface area contributed by atoms with E-state index in [0.717, 1.165) is 10.9 Å². The third kappa shape index (κ3) is 4.86. The van der Waals surface area contributed by atoms with Crippen LogP contribution in [0, 0.1) is 11.3 Å². The topological polar surface area (TPSA) is 95.4 Å². The van der Waals surface area contributed by atoms with Crippen molar-refractivity contribution in [1.82, 2.24) is 4.98 Å². The summed E-state index contributed by atoms with van der Waals surface area (Å²) in [7, 11) is 1.56. The van der Waals surface area contributed by atoms with Crippen LogP contribution in [0.4, 0.5) is 5.69 Å². The summed E-state index contributed by atoms with van der Waals surface area (Å²) in [4.78, 5) is 29.3.